The van der Waals surface area contributed by atoms with Crippen LogP contribution in [0.2, 0.25) is 0 Å². The molecular weight excluding hydrogens is 324 g/mol. The van der Waals surface area contributed by atoms with Gasteiger partial charge in [-0.3, -0.25) is 5.10 Å². The smallest absolute Gasteiger partial charge is 0.161 e. The van der Waals surface area contributed by atoms with Crippen LogP contribution in [0.3, 0.4) is 0 Å². The number of aromatic nitrogens is 2. The summed E-state index contributed by atoms with van der Waals surface area (Å²) in [6.07, 6.45) is 5.80. The van der Waals surface area contributed by atoms with Crippen LogP contribution >= 0.6 is 12.4 Å². The van der Waals surface area contributed by atoms with Gasteiger partial charge < -0.3 is 9.47 Å². The van der Waals surface area contributed by atoms with Gasteiger partial charge in [-0.05, 0) is 57.7 Å². The Bertz CT molecular complexity index is 579. The second kappa shape index (κ2) is 11.0. The van der Waals surface area contributed by atoms with Gasteiger partial charge in [-0.2, -0.15) is 5.10 Å². The minimum atomic E-state index is 0. The number of rotatable bonds is 10. The topological polar surface area (TPSA) is 47.1 Å². The van der Waals surface area contributed by atoms with Crippen molar-refractivity contribution in [1.82, 2.24) is 10.2 Å². The van der Waals surface area contributed by atoms with Crippen molar-refractivity contribution in [3.05, 3.63) is 41.2 Å². The molecule has 24 heavy (non-hydrogen) atoms. The lowest BCUT2D eigenvalue weighted by molar-refractivity contribution is 0.270. The minimum Gasteiger partial charge on any atom is -0.490 e. The van der Waals surface area contributed by atoms with Crippen molar-refractivity contribution in [3.8, 4) is 11.5 Å². The first-order valence-corrected chi connectivity index (χ1v) is 8.57. The third-order valence-electron chi connectivity index (χ3n) is 4.01. The van der Waals surface area contributed by atoms with E-state index in [2.05, 4.69) is 24.0 Å². The van der Waals surface area contributed by atoms with Gasteiger partial charge in [-0.25, -0.2) is 0 Å². The molecule has 0 radical (unpaired) electrons. The van der Waals surface area contributed by atoms with Crippen LogP contribution in [0.1, 0.15) is 49.6 Å². The molecule has 134 valence electrons. The van der Waals surface area contributed by atoms with Crippen molar-refractivity contribution in [2.75, 3.05) is 13.2 Å². The van der Waals surface area contributed by atoms with E-state index in [1.165, 1.54) is 30.5 Å². The third kappa shape index (κ3) is 6.08. The fraction of sp³-hybridized carbons (Fsp3) is 0.526. The van der Waals surface area contributed by atoms with Crippen LogP contribution in [0.15, 0.2) is 24.3 Å². The van der Waals surface area contributed by atoms with Gasteiger partial charge in [-0.1, -0.05) is 25.0 Å². The van der Waals surface area contributed by atoms with Crippen LogP contribution < -0.4 is 9.47 Å². The number of halogens is 1. The molecule has 0 aliphatic heterocycles. The summed E-state index contributed by atoms with van der Waals surface area (Å²) < 4.78 is 11.4. The molecule has 0 unspecified atom stereocenters. The Labute approximate surface area is 151 Å². The average Bonchev–Trinajstić information content (AvgIpc) is 2.87. The molecule has 0 aliphatic carbocycles. The molecule has 0 saturated carbocycles. The summed E-state index contributed by atoms with van der Waals surface area (Å²) >= 11 is 0. The van der Waals surface area contributed by atoms with Crippen LogP contribution in [0, 0.1) is 13.8 Å². The van der Waals surface area contributed by atoms with Crippen molar-refractivity contribution in [2.45, 2.75) is 52.9 Å². The average molecular weight is 353 g/mol. The monoisotopic (exact) mass is 352 g/mol. The third-order valence-corrected chi connectivity index (χ3v) is 4.01. The van der Waals surface area contributed by atoms with Crippen LogP contribution in [0.25, 0.3) is 0 Å². The predicted octanol–water partition coefficient (Wildman–Crippen LogP) is 5.03. The summed E-state index contributed by atoms with van der Waals surface area (Å²) in [5.74, 6) is 1.68. The summed E-state index contributed by atoms with van der Waals surface area (Å²) in [7, 11) is 0. The first kappa shape index (κ1) is 20.4. The number of H-pyrrole nitrogens is 1. The number of hydrogen-bond acceptors (Lipinski definition) is 3. The number of aryl methyl sites for hydroxylation is 2. The maximum absolute atomic E-state index is 5.84. The van der Waals surface area contributed by atoms with Crippen molar-refractivity contribution in [2.24, 2.45) is 0 Å². The standard InChI is InChI=1S/C19H28N2O2.ClH/c1-4-22-18-12-8-9-13-19(18)23-14-10-6-5-7-11-17-15(2)20-21-16(17)3;/h8-9,12-13H,4-7,10-11,14H2,1-3H3,(H,20,21);1H. The van der Waals surface area contributed by atoms with Crippen molar-refractivity contribution in [1.29, 1.82) is 0 Å². The fourth-order valence-corrected chi connectivity index (χ4v) is 2.73. The fourth-order valence-electron chi connectivity index (χ4n) is 2.73. The lowest BCUT2D eigenvalue weighted by Crippen LogP contribution is -2.01. The van der Waals surface area contributed by atoms with Gasteiger partial charge in [0.15, 0.2) is 11.5 Å². The zero-order valence-electron chi connectivity index (χ0n) is 14.9. The van der Waals surface area contributed by atoms with E-state index in [9.17, 15) is 0 Å². The van der Waals surface area contributed by atoms with Gasteiger partial charge in [0.25, 0.3) is 0 Å². The highest BCUT2D eigenvalue weighted by molar-refractivity contribution is 5.85. The van der Waals surface area contributed by atoms with E-state index in [1.807, 2.05) is 31.2 Å². The van der Waals surface area contributed by atoms with E-state index in [0.29, 0.717) is 6.61 Å². The molecule has 0 bridgehead atoms. The molecule has 0 atom stereocenters. The Balaban J connectivity index is 0.00000288. The van der Waals surface area contributed by atoms with Gasteiger partial charge in [0, 0.05) is 5.69 Å². The van der Waals surface area contributed by atoms with E-state index in [1.54, 1.807) is 0 Å². The molecule has 5 heteroatoms. The number of para-hydroxylation sites is 2. The number of nitrogens with one attached hydrogen (secondary N) is 1. The van der Waals surface area contributed by atoms with Gasteiger partial charge >= 0.3 is 0 Å². The van der Waals surface area contributed by atoms with E-state index in [4.69, 9.17) is 9.47 Å². The Hall–Kier alpha value is -1.68. The van der Waals surface area contributed by atoms with Crippen LogP contribution in [0.5, 0.6) is 11.5 Å². The highest BCUT2D eigenvalue weighted by atomic mass is 35.5. The Morgan fingerprint density at radius 3 is 2.25 bits per heavy atom. The summed E-state index contributed by atoms with van der Waals surface area (Å²) in [6, 6.07) is 7.87. The van der Waals surface area contributed by atoms with Crippen LogP contribution in [0.4, 0.5) is 0 Å². The summed E-state index contributed by atoms with van der Waals surface area (Å²) in [5.41, 5.74) is 3.73. The Morgan fingerprint density at radius 2 is 1.62 bits per heavy atom. The highest BCUT2D eigenvalue weighted by Crippen LogP contribution is 2.26. The number of nitrogens with zero attached hydrogens (tertiary/aromatic N) is 1. The maximum atomic E-state index is 5.84. The van der Waals surface area contributed by atoms with Crippen molar-refractivity contribution < 1.29 is 9.47 Å². The number of benzene rings is 1. The zero-order chi connectivity index (χ0) is 16.5. The number of ether oxygens (including phenoxy) is 2. The summed E-state index contributed by atoms with van der Waals surface area (Å²) in [6.45, 7) is 7.56. The van der Waals surface area contributed by atoms with Crippen molar-refractivity contribution in [3.63, 3.8) is 0 Å². The minimum absolute atomic E-state index is 0. The van der Waals surface area contributed by atoms with E-state index in [0.717, 1.165) is 36.6 Å². The van der Waals surface area contributed by atoms with E-state index >= 15 is 0 Å². The first-order chi connectivity index (χ1) is 11.2. The highest BCUT2D eigenvalue weighted by Gasteiger charge is 2.06. The Morgan fingerprint density at radius 1 is 0.958 bits per heavy atom. The van der Waals surface area contributed by atoms with Gasteiger partial charge in [0.05, 0.1) is 18.9 Å². The molecule has 0 aliphatic rings. The molecule has 1 heterocycles. The van der Waals surface area contributed by atoms with Gasteiger partial charge in [0.1, 0.15) is 0 Å². The van der Waals surface area contributed by atoms with E-state index < -0.39 is 0 Å². The molecule has 1 N–H and O–H groups in total. The predicted molar refractivity (Wildman–Crippen MR) is 101 cm³/mol. The second-order valence-electron chi connectivity index (χ2n) is 5.80. The Kier molecular flexibility index (Phi) is 9.31. The molecule has 0 fully saturated rings. The molecule has 2 aromatic rings. The molecular formula is C19H29ClN2O2. The maximum Gasteiger partial charge on any atom is 0.161 e. The lowest BCUT2D eigenvalue weighted by atomic mass is 10.0. The second-order valence-corrected chi connectivity index (χ2v) is 5.80. The number of aromatic amines is 1. The molecule has 2 rings (SSSR count). The number of unbranched alkanes of at least 4 members (excludes halogenated alkanes) is 3. The molecule has 4 nitrogen and oxygen atoms in total. The first-order valence-electron chi connectivity index (χ1n) is 8.57. The largest absolute Gasteiger partial charge is 0.490 e. The molecule has 0 amide bonds. The SMILES string of the molecule is CCOc1ccccc1OCCCCCCc1c(C)n[nH]c1C.Cl. The van der Waals surface area contributed by atoms with E-state index in [-0.39, 0.29) is 12.4 Å². The zero-order valence-corrected chi connectivity index (χ0v) is 15.7. The molecule has 1 aromatic heterocycles. The van der Waals surface area contributed by atoms with Crippen LogP contribution in [-0.2, 0) is 6.42 Å². The molecule has 0 saturated heterocycles. The lowest BCUT2D eigenvalue weighted by Gasteiger charge is -2.11. The summed E-state index contributed by atoms with van der Waals surface area (Å²) in [4.78, 5) is 0. The van der Waals surface area contributed by atoms with Gasteiger partial charge in [0.2, 0.25) is 0 Å². The molecule has 0 spiro atoms. The number of hydrogen-bond donors (Lipinski definition) is 1. The normalized spacial score (nSPS) is 10.3. The summed E-state index contributed by atoms with van der Waals surface area (Å²) in [5, 5.41) is 7.29. The quantitative estimate of drug-likeness (QED) is 0.610. The van der Waals surface area contributed by atoms with Gasteiger partial charge in [-0.15, -0.1) is 12.4 Å². The van der Waals surface area contributed by atoms with Crippen molar-refractivity contribution >= 4 is 12.4 Å². The molecule has 1 aromatic carbocycles. The van der Waals surface area contributed by atoms with Crippen LogP contribution in [-0.4, -0.2) is 23.4 Å².